The summed E-state index contributed by atoms with van der Waals surface area (Å²) in [6.07, 6.45) is 5.31. The zero-order valence-electron chi connectivity index (χ0n) is 11.1. The van der Waals surface area contributed by atoms with Gasteiger partial charge in [-0.15, -0.1) is 0 Å². The predicted molar refractivity (Wildman–Crippen MR) is 75.7 cm³/mol. The number of allylic oxidation sites excluding steroid dienone is 4. The zero-order valence-corrected chi connectivity index (χ0v) is 12.9. The number of thiocarbonyl (C=S) groups is 1. The summed E-state index contributed by atoms with van der Waals surface area (Å²) < 4.78 is 16.3. The van der Waals surface area contributed by atoms with Gasteiger partial charge in [-0.2, -0.15) is 0 Å². The van der Waals surface area contributed by atoms with Crippen molar-refractivity contribution < 1.29 is 18.1 Å². The summed E-state index contributed by atoms with van der Waals surface area (Å²) >= 11 is 5.22. The van der Waals surface area contributed by atoms with E-state index in [9.17, 15) is 4.79 Å². The highest BCUT2D eigenvalue weighted by Crippen LogP contribution is 2.31. The van der Waals surface area contributed by atoms with Crippen LogP contribution in [0.2, 0.25) is 5.54 Å². The molecule has 1 rings (SSSR count). The van der Waals surface area contributed by atoms with E-state index in [1.165, 1.54) is 6.08 Å². The average molecular weight is 286 g/mol. The third-order valence-electron chi connectivity index (χ3n) is 3.02. The molecule has 18 heavy (non-hydrogen) atoms. The van der Waals surface area contributed by atoms with E-state index in [-0.39, 0.29) is 11.3 Å². The van der Waals surface area contributed by atoms with Crippen molar-refractivity contribution in [3.63, 3.8) is 0 Å². The largest absolute Gasteiger partial charge is 0.503 e. The molecule has 6 heteroatoms. The third-order valence-corrected chi connectivity index (χ3v) is 6.53. The molecule has 100 valence electrons. The van der Waals surface area contributed by atoms with Gasteiger partial charge >= 0.3 is 8.80 Å². The zero-order chi connectivity index (χ0) is 13.8. The molecule has 0 aromatic heterocycles. The van der Waals surface area contributed by atoms with Crippen molar-refractivity contribution in [2.45, 2.75) is 18.9 Å². The molecule has 0 heterocycles. The van der Waals surface area contributed by atoms with Crippen molar-refractivity contribution in [2.75, 3.05) is 21.3 Å². The summed E-state index contributed by atoms with van der Waals surface area (Å²) in [6.45, 7) is 1.98. The molecule has 1 aliphatic rings. The van der Waals surface area contributed by atoms with Crippen LogP contribution in [0.3, 0.4) is 0 Å². The molecule has 4 nitrogen and oxygen atoms in total. The van der Waals surface area contributed by atoms with Crippen LogP contribution < -0.4 is 0 Å². The number of rotatable bonds is 6. The maximum atomic E-state index is 11.4. The Labute approximate surface area is 114 Å². The van der Waals surface area contributed by atoms with Gasteiger partial charge in [0.1, 0.15) is 0 Å². The number of hydrogen-bond acceptors (Lipinski definition) is 5. The molecular formula is C12H18O4SSi. The van der Waals surface area contributed by atoms with Gasteiger partial charge in [0.05, 0.1) is 0 Å². The molecule has 0 aromatic rings. The van der Waals surface area contributed by atoms with Crippen LogP contribution in [0, 0.1) is 0 Å². The summed E-state index contributed by atoms with van der Waals surface area (Å²) in [7, 11) is 2.04. The molecule has 0 saturated carbocycles. The van der Waals surface area contributed by atoms with Crippen molar-refractivity contribution >= 4 is 31.7 Å². The minimum absolute atomic E-state index is 0.0287. The quantitative estimate of drug-likeness (QED) is 0.552. The smallest absolute Gasteiger partial charge is 0.377 e. The van der Waals surface area contributed by atoms with Gasteiger partial charge in [0, 0.05) is 31.7 Å². The van der Waals surface area contributed by atoms with Gasteiger partial charge in [-0.25, -0.2) is 0 Å². The molecule has 0 N–H and O–H groups in total. The van der Waals surface area contributed by atoms with Crippen LogP contribution in [-0.2, 0) is 18.1 Å². The second-order valence-electron chi connectivity index (χ2n) is 4.09. The second-order valence-corrected chi connectivity index (χ2v) is 7.95. The first-order chi connectivity index (χ1) is 8.49. The van der Waals surface area contributed by atoms with Crippen molar-refractivity contribution in [2.24, 2.45) is 0 Å². The van der Waals surface area contributed by atoms with Gasteiger partial charge < -0.3 is 13.3 Å². The van der Waals surface area contributed by atoms with E-state index in [1.54, 1.807) is 33.5 Å². The molecular weight excluding hydrogens is 268 g/mol. The van der Waals surface area contributed by atoms with Crippen LogP contribution in [0.5, 0.6) is 0 Å². The maximum Gasteiger partial charge on any atom is 0.503 e. The van der Waals surface area contributed by atoms with E-state index in [4.69, 9.17) is 25.5 Å². The molecule has 1 aliphatic carbocycles. The van der Waals surface area contributed by atoms with Gasteiger partial charge in [-0.3, -0.25) is 4.79 Å². The Hall–Kier alpha value is -0.663. The molecule has 0 bridgehead atoms. The standard InChI is InChI=1S/C12H18O4SSi/c1-9(18(14-2,15-3)16-4)7-10-8-11(13)5-6-12(10)17/h5-6,8-9H,7H2,1-4H3. The fourth-order valence-corrected chi connectivity index (χ4v) is 4.41. The van der Waals surface area contributed by atoms with Gasteiger partial charge in [0.25, 0.3) is 0 Å². The highest BCUT2D eigenvalue weighted by molar-refractivity contribution is 7.81. The van der Waals surface area contributed by atoms with Crippen LogP contribution in [0.15, 0.2) is 23.8 Å². The minimum atomic E-state index is -2.69. The van der Waals surface area contributed by atoms with Crippen molar-refractivity contribution in [3.05, 3.63) is 23.8 Å². The average Bonchev–Trinajstić information content (AvgIpc) is 2.37. The summed E-state index contributed by atoms with van der Waals surface area (Å²) in [5, 5.41) is 0. The number of ketones is 1. The molecule has 0 spiro atoms. The van der Waals surface area contributed by atoms with E-state index in [1.807, 2.05) is 6.92 Å². The van der Waals surface area contributed by atoms with Crippen molar-refractivity contribution in [3.8, 4) is 0 Å². The lowest BCUT2D eigenvalue weighted by molar-refractivity contribution is -0.110. The van der Waals surface area contributed by atoms with Crippen LogP contribution in [0.1, 0.15) is 13.3 Å². The number of carbonyl (C=O) groups excluding carboxylic acids is 1. The first kappa shape index (κ1) is 15.4. The summed E-state index contributed by atoms with van der Waals surface area (Å²) in [5.74, 6) is -0.0367. The molecule has 0 radical (unpaired) electrons. The van der Waals surface area contributed by atoms with Gasteiger partial charge in [-0.1, -0.05) is 19.1 Å². The molecule has 0 fully saturated rings. The lowest BCUT2D eigenvalue weighted by Crippen LogP contribution is -2.47. The Bertz CT molecular complexity index is 391. The van der Waals surface area contributed by atoms with E-state index in [2.05, 4.69) is 0 Å². The van der Waals surface area contributed by atoms with Crippen molar-refractivity contribution in [1.82, 2.24) is 0 Å². The van der Waals surface area contributed by atoms with Crippen LogP contribution >= 0.6 is 12.2 Å². The Morgan fingerprint density at radius 3 is 2.28 bits per heavy atom. The van der Waals surface area contributed by atoms with Crippen LogP contribution in [0.4, 0.5) is 0 Å². The second kappa shape index (κ2) is 6.49. The van der Waals surface area contributed by atoms with Gasteiger partial charge in [0.15, 0.2) is 5.78 Å². The van der Waals surface area contributed by atoms with E-state index in [0.29, 0.717) is 11.3 Å². The summed E-state index contributed by atoms with van der Waals surface area (Å²) in [4.78, 5) is 12.0. The molecule has 1 unspecified atom stereocenters. The Morgan fingerprint density at radius 2 is 1.78 bits per heavy atom. The van der Waals surface area contributed by atoms with E-state index >= 15 is 0 Å². The Morgan fingerprint density at radius 1 is 1.22 bits per heavy atom. The van der Waals surface area contributed by atoms with Crippen LogP contribution in [-0.4, -0.2) is 40.8 Å². The molecule has 0 aliphatic heterocycles. The fraction of sp³-hybridized carbons (Fsp3) is 0.500. The lowest BCUT2D eigenvalue weighted by atomic mass is 10.0. The van der Waals surface area contributed by atoms with Crippen molar-refractivity contribution in [1.29, 1.82) is 0 Å². The number of hydrogen-bond donors (Lipinski definition) is 0. The van der Waals surface area contributed by atoms with Gasteiger partial charge in [-0.05, 0) is 30.2 Å². The molecule has 0 aromatic carbocycles. The van der Waals surface area contributed by atoms with E-state index in [0.717, 1.165) is 5.57 Å². The minimum Gasteiger partial charge on any atom is -0.377 e. The molecule has 0 amide bonds. The maximum absolute atomic E-state index is 11.4. The van der Waals surface area contributed by atoms with Gasteiger partial charge in [0.2, 0.25) is 0 Å². The lowest BCUT2D eigenvalue weighted by Gasteiger charge is -2.30. The topological polar surface area (TPSA) is 44.8 Å². The Balaban J connectivity index is 2.84. The van der Waals surface area contributed by atoms with E-state index < -0.39 is 8.80 Å². The van der Waals surface area contributed by atoms with Crippen LogP contribution in [0.25, 0.3) is 0 Å². The fourth-order valence-electron chi connectivity index (χ4n) is 2.02. The highest BCUT2D eigenvalue weighted by Gasteiger charge is 2.44. The first-order valence-corrected chi connectivity index (χ1v) is 7.82. The predicted octanol–water partition coefficient (Wildman–Crippen LogP) is 2.08. The highest BCUT2D eigenvalue weighted by atomic mass is 32.1. The third kappa shape index (κ3) is 3.21. The summed E-state index contributed by atoms with van der Waals surface area (Å²) in [5.41, 5.74) is 0.869. The SMILES string of the molecule is CO[Si](OC)(OC)C(C)CC1=CC(=O)C=CC1=S. The normalized spacial score (nSPS) is 17.9. The summed E-state index contributed by atoms with van der Waals surface area (Å²) in [6, 6.07) is 0. The number of carbonyl (C=O) groups is 1. The molecule has 0 saturated heterocycles. The molecule has 1 atom stereocenters. The first-order valence-electron chi connectivity index (χ1n) is 5.61. The Kier molecular flexibility index (Phi) is 5.55. The monoisotopic (exact) mass is 286 g/mol.